The molecule has 0 spiro atoms. The van der Waals surface area contributed by atoms with Crippen LogP contribution >= 0.6 is 0 Å². The third-order valence-electron chi connectivity index (χ3n) is 5.23. The predicted molar refractivity (Wildman–Crippen MR) is 114 cm³/mol. The van der Waals surface area contributed by atoms with Crippen molar-refractivity contribution in [2.75, 3.05) is 0 Å². The normalized spacial score (nSPS) is 14.2. The van der Waals surface area contributed by atoms with Gasteiger partial charge in [-0.25, -0.2) is 0 Å². The minimum atomic E-state index is -0.679. The predicted octanol–water partition coefficient (Wildman–Crippen LogP) is 3.58. The molecule has 1 unspecified atom stereocenters. The largest absolute Gasteiger partial charge is 0.355 e. The zero-order chi connectivity index (χ0) is 21.1. The Morgan fingerprint density at radius 1 is 1.10 bits per heavy atom. The molecule has 0 bridgehead atoms. The molecule has 30 heavy (non-hydrogen) atoms. The summed E-state index contributed by atoms with van der Waals surface area (Å²) >= 11 is 0. The lowest BCUT2D eigenvalue weighted by molar-refractivity contribution is -0.123. The Bertz CT molecular complexity index is 1050. The van der Waals surface area contributed by atoms with Gasteiger partial charge in [-0.1, -0.05) is 53.2 Å². The fourth-order valence-electron chi connectivity index (χ4n) is 3.33. The Balaban J connectivity index is 1.51. The smallest absolute Gasteiger partial charge is 0.274 e. The van der Waals surface area contributed by atoms with Crippen LogP contribution in [-0.2, 0) is 11.2 Å². The quantitative estimate of drug-likeness (QED) is 0.632. The van der Waals surface area contributed by atoms with Crippen LogP contribution in [0.25, 0.3) is 11.3 Å². The zero-order valence-electron chi connectivity index (χ0n) is 17.1. The number of benzene rings is 2. The number of carbonyl (C=O) groups is 2. The van der Waals surface area contributed by atoms with Crippen LogP contribution < -0.4 is 10.6 Å². The molecule has 4 rings (SSSR count). The Morgan fingerprint density at radius 3 is 2.60 bits per heavy atom. The summed E-state index contributed by atoms with van der Waals surface area (Å²) in [5.41, 5.74) is 4.16. The summed E-state index contributed by atoms with van der Waals surface area (Å²) in [6, 6.07) is 16.8. The maximum absolute atomic E-state index is 12.8. The Morgan fingerprint density at radius 2 is 1.87 bits per heavy atom. The molecular formula is C24H25N3O3. The van der Waals surface area contributed by atoms with E-state index in [1.807, 2.05) is 62.4 Å². The summed E-state index contributed by atoms with van der Waals surface area (Å²) in [5, 5.41) is 9.75. The maximum Gasteiger partial charge on any atom is 0.274 e. The summed E-state index contributed by atoms with van der Waals surface area (Å²) in [5.74, 6) is -0.0708. The van der Waals surface area contributed by atoms with Gasteiger partial charge in [-0.15, -0.1) is 0 Å². The number of carbonyl (C=O) groups excluding carboxylic acids is 2. The van der Waals surface area contributed by atoms with Gasteiger partial charge in [-0.3, -0.25) is 9.59 Å². The van der Waals surface area contributed by atoms with Gasteiger partial charge < -0.3 is 15.2 Å². The van der Waals surface area contributed by atoms with Gasteiger partial charge in [-0.2, -0.15) is 0 Å². The average molecular weight is 403 g/mol. The summed E-state index contributed by atoms with van der Waals surface area (Å²) in [4.78, 5) is 25.5. The van der Waals surface area contributed by atoms with Gasteiger partial charge in [0, 0.05) is 24.1 Å². The summed E-state index contributed by atoms with van der Waals surface area (Å²) < 4.78 is 5.43. The molecule has 1 aromatic heterocycles. The van der Waals surface area contributed by atoms with Crippen LogP contribution in [0.4, 0.5) is 0 Å². The fourth-order valence-corrected chi connectivity index (χ4v) is 3.33. The molecule has 6 nitrogen and oxygen atoms in total. The molecule has 1 aliphatic carbocycles. The summed E-state index contributed by atoms with van der Waals surface area (Å²) in [6.07, 6.45) is 2.38. The van der Waals surface area contributed by atoms with Crippen molar-refractivity contribution in [1.29, 1.82) is 0 Å². The van der Waals surface area contributed by atoms with Gasteiger partial charge in [0.25, 0.3) is 5.91 Å². The molecule has 2 aromatic carbocycles. The number of amides is 2. The van der Waals surface area contributed by atoms with Gasteiger partial charge in [0.1, 0.15) is 6.04 Å². The van der Waals surface area contributed by atoms with Crippen molar-refractivity contribution in [2.24, 2.45) is 0 Å². The Kier molecular flexibility index (Phi) is 5.65. The third-order valence-corrected chi connectivity index (χ3v) is 5.23. The van der Waals surface area contributed by atoms with E-state index in [0.29, 0.717) is 12.2 Å². The average Bonchev–Trinajstić information content (AvgIpc) is 3.41. The first kappa shape index (κ1) is 19.9. The van der Waals surface area contributed by atoms with E-state index in [1.54, 1.807) is 6.07 Å². The molecule has 1 fully saturated rings. The van der Waals surface area contributed by atoms with Crippen LogP contribution in [0.1, 0.15) is 40.0 Å². The number of nitrogens with zero attached hydrogens (tertiary/aromatic N) is 1. The second-order valence-electron chi connectivity index (χ2n) is 7.89. The highest BCUT2D eigenvalue weighted by molar-refractivity contribution is 5.97. The van der Waals surface area contributed by atoms with Crippen molar-refractivity contribution in [3.05, 3.63) is 77.0 Å². The van der Waals surface area contributed by atoms with Crippen LogP contribution in [0.3, 0.4) is 0 Å². The highest BCUT2D eigenvalue weighted by atomic mass is 16.5. The van der Waals surface area contributed by atoms with Crippen LogP contribution in [0.5, 0.6) is 0 Å². The van der Waals surface area contributed by atoms with Gasteiger partial charge in [0.15, 0.2) is 11.5 Å². The molecule has 1 heterocycles. The van der Waals surface area contributed by atoms with Crippen LogP contribution in [-0.4, -0.2) is 29.1 Å². The summed E-state index contributed by atoms with van der Waals surface area (Å²) in [7, 11) is 0. The molecular weight excluding hydrogens is 378 g/mol. The van der Waals surface area contributed by atoms with Gasteiger partial charge >= 0.3 is 0 Å². The molecule has 0 aliphatic heterocycles. The topological polar surface area (TPSA) is 84.2 Å². The number of rotatable bonds is 7. The van der Waals surface area contributed by atoms with Crippen molar-refractivity contribution in [2.45, 2.75) is 45.2 Å². The highest BCUT2D eigenvalue weighted by Crippen LogP contribution is 2.25. The van der Waals surface area contributed by atoms with E-state index in [2.05, 4.69) is 15.8 Å². The van der Waals surface area contributed by atoms with E-state index in [-0.39, 0.29) is 17.6 Å². The van der Waals surface area contributed by atoms with Crippen molar-refractivity contribution >= 4 is 11.8 Å². The minimum absolute atomic E-state index is 0.156. The molecule has 3 aromatic rings. The van der Waals surface area contributed by atoms with E-state index in [4.69, 9.17) is 4.52 Å². The van der Waals surface area contributed by atoms with E-state index >= 15 is 0 Å². The first-order valence-electron chi connectivity index (χ1n) is 10.2. The number of aromatic nitrogens is 1. The molecule has 154 valence electrons. The number of hydrogen-bond donors (Lipinski definition) is 2. The molecule has 1 atom stereocenters. The summed E-state index contributed by atoms with van der Waals surface area (Å²) in [6.45, 7) is 3.98. The lowest BCUT2D eigenvalue weighted by Crippen LogP contribution is -2.48. The second-order valence-corrected chi connectivity index (χ2v) is 7.89. The van der Waals surface area contributed by atoms with Gasteiger partial charge in [0.2, 0.25) is 5.91 Å². The SMILES string of the molecule is Cc1ccc(C)c(-c2cc(C(=O)NC(Cc3ccccc3)C(=O)NC3CC3)no2)c1. The zero-order valence-corrected chi connectivity index (χ0v) is 17.1. The molecule has 2 N–H and O–H groups in total. The van der Waals surface area contributed by atoms with Crippen molar-refractivity contribution in [1.82, 2.24) is 15.8 Å². The standard InChI is InChI=1S/C24H25N3O3/c1-15-8-9-16(2)19(12-15)22-14-21(27-30-22)24(29)26-20(23(28)25-18-10-11-18)13-17-6-4-3-5-7-17/h3-9,12,14,18,20H,10-11,13H2,1-2H3,(H,25,28)(H,26,29). The van der Waals surface area contributed by atoms with E-state index in [1.165, 1.54) is 0 Å². The molecule has 0 radical (unpaired) electrons. The lowest BCUT2D eigenvalue weighted by atomic mass is 10.0. The third kappa shape index (κ3) is 4.76. The van der Waals surface area contributed by atoms with Gasteiger partial charge in [0.05, 0.1) is 0 Å². The van der Waals surface area contributed by atoms with Crippen molar-refractivity contribution in [3.63, 3.8) is 0 Å². The van der Waals surface area contributed by atoms with Crippen LogP contribution in [0.2, 0.25) is 0 Å². The molecule has 1 saturated carbocycles. The van der Waals surface area contributed by atoms with E-state index < -0.39 is 11.9 Å². The van der Waals surface area contributed by atoms with E-state index in [9.17, 15) is 9.59 Å². The molecule has 1 aliphatic rings. The lowest BCUT2D eigenvalue weighted by Gasteiger charge is -2.18. The minimum Gasteiger partial charge on any atom is -0.355 e. The molecule has 6 heteroatoms. The Labute approximate surface area is 175 Å². The van der Waals surface area contributed by atoms with Crippen molar-refractivity contribution < 1.29 is 14.1 Å². The first-order chi connectivity index (χ1) is 14.5. The van der Waals surface area contributed by atoms with Crippen LogP contribution in [0, 0.1) is 13.8 Å². The second kappa shape index (κ2) is 8.53. The Hall–Kier alpha value is -3.41. The fraction of sp³-hybridized carbons (Fsp3) is 0.292. The number of aryl methyl sites for hydroxylation is 2. The monoisotopic (exact) mass is 403 g/mol. The van der Waals surface area contributed by atoms with Crippen molar-refractivity contribution in [3.8, 4) is 11.3 Å². The highest BCUT2D eigenvalue weighted by Gasteiger charge is 2.29. The molecule has 0 saturated heterocycles. The van der Waals surface area contributed by atoms with Gasteiger partial charge in [-0.05, 0) is 43.9 Å². The van der Waals surface area contributed by atoms with Crippen LogP contribution in [0.15, 0.2) is 59.1 Å². The number of hydrogen-bond acceptors (Lipinski definition) is 4. The maximum atomic E-state index is 12.8. The van der Waals surface area contributed by atoms with E-state index in [0.717, 1.165) is 35.1 Å². The first-order valence-corrected chi connectivity index (χ1v) is 10.2. The number of nitrogens with one attached hydrogen (secondary N) is 2. The molecule has 2 amide bonds.